The molecule has 1 aliphatic heterocycles. The molecule has 6 heteroatoms. The van der Waals surface area contributed by atoms with Crippen LogP contribution in [-0.2, 0) is 9.53 Å². The van der Waals surface area contributed by atoms with E-state index < -0.39 is 0 Å². The molecule has 0 aliphatic carbocycles. The zero-order chi connectivity index (χ0) is 15.1. The molecule has 21 heavy (non-hydrogen) atoms. The molecule has 0 unspecified atom stereocenters. The van der Waals surface area contributed by atoms with Crippen LogP contribution in [0.5, 0.6) is 5.75 Å². The normalized spacial score (nSPS) is 21.8. The summed E-state index contributed by atoms with van der Waals surface area (Å²) in [6.07, 6.45) is 2.92. The zero-order valence-electron chi connectivity index (χ0n) is 12.0. The summed E-state index contributed by atoms with van der Waals surface area (Å²) in [7, 11) is 0. The molecule has 4 nitrogen and oxygen atoms in total. The number of amides is 1. The number of hydrogen-bond donors (Lipinski definition) is 1. The summed E-state index contributed by atoms with van der Waals surface area (Å²) >= 11 is 1.63. The van der Waals surface area contributed by atoms with Crippen LogP contribution in [0.25, 0.3) is 0 Å². The van der Waals surface area contributed by atoms with Crippen molar-refractivity contribution in [1.82, 2.24) is 5.32 Å². The Bertz CT molecular complexity index is 472. The Morgan fingerprint density at radius 2 is 2.43 bits per heavy atom. The monoisotopic (exact) mass is 313 g/mol. The van der Waals surface area contributed by atoms with Crippen LogP contribution in [0.1, 0.15) is 12.8 Å². The fraction of sp³-hybridized carbons (Fsp3) is 0.533. The molecule has 1 fully saturated rings. The molecule has 116 valence electrons. The SMILES string of the molecule is CSCCC(=O)N[C@@H]1COCC[C@@H]1Oc1cccc(F)c1. The summed E-state index contributed by atoms with van der Waals surface area (Å²) in [5.41, 5.74) is 0. The average Bonchev–Trinajstić information content (AvgIpc) is 2.47. The molecule has 1 heterocycles. The predicted molar refractivity (Wildman–Crippen MR) is 81.2 cm³/mol. The first-order chi connectivity index (χ1) is 10.2. The molecule has 1 aliphatic rings. The van der Waals surface area contributed by atoms with E-state index in [0.717, 1.165) is 5.75 Å². The Hall–Kier alpha value is -1.27. The maximum Gasteiger partial charge on any atom is 0.221 e. The number of halogens is 1. The maximum absolute atomic E-state index is 13.2. The highest BCUT2D eigenvalue weighted by atomic mass is 32.2. The van der Waals surface area contributed by atoms with Gasteiger partial charge in [-0.25, -0.2) is 4.39 Å². The first-order valence-corrected chi connectivity index (χ1v) is 8.36. The van der Waals surface area contributed by atoms with Crippen LogP contribution in [0.2, 0.25) is 0 Å². The van der Waals surface area contributed by atoms with Gasteiger partial charge in [0.1, 0.15) is 17.7 Å². The van der Waals surface area contributed by atoms with Crippen molar-refractivity contribution in [3.8, 4) is 5.75 Å². The quantitative estimate of drug-likeness (QED) is 0.875. The molecule has 0 bridgehead atoms. The van der Waals surface area contributed by atoms with Crippen LogP contribution in [0.3, 0.4) is 0 Å². The third-order valence-electron chi connectivity index (χ3n) is 3.26. The van der Waals surface area contributed by atoms with E-state index in [4.69, 9.17) is 9.47 Å². The van der Waals surface area contributed by atoms with Gasteiger partial charge < -0.3 is 14.8 Å². The van der Waals surface area contributed by atoms with E-state index in [9.17, 15) is 9.18 Å². The van der Waals surface area contributed by atoms with E-state index in [1.165, 1.54) is 12.1 Å². The average molecular weight is 313 g/mol. The number of thioether (sulfide) groups is 1. The van der Waals surface area contributed by atoms with Crippen molar-refractivity contribution in [3.05, 3.63) is 30.1 Å². The highest BCUT2D eigenvalue weighted by molar-refractivity contribution is 7.98. The third kappa shape index (κ3) is 5.21. The highest BCUT2D eigenvalue weighted by Crippen LogP contribution is 2.19. The second-order valence-electron chi connectivity index (χ2n) is 4.89. The number of carbonyl (C=O) groups is 1. The Kier molecular flexibility index (Phi) is 6.32. The summed E-state index contributed by atoms with van der Waals surface area (Å²) in [6.45, 7) is 1.00. The smallest absolute Gasteiger partial charge is 0.221 e. The summed E-state index contributed by atoms with van der Waals surface area (Å²) < 4.78 is 24.4. The fourth-order valence-corrected chi connectivity index (χ4v) is 2.57. The van der Waals surface area contributed by atoms with Crippen LogP contribution in [0, 0.1) is 5.82 Å². The molecule has 0 spiro atoms. The van der Waals surface area contributed by atoms with Gasteiger partial charge in [-0.05, 0) is 18.4 Å². The molecule has 0 aromatic heterocycles. The van der Waals surface area contributed by atoms with Gasteiger partial charge in [0.2, 0.25) is 5.91 Å². The summed E-state index contributed by atoms with van der Waals surface area (Å²) in [5, 5.41) is 2.94. The van der Waals surface area contributed by atoms with E-state index in [2.05, 4.69) is 5.32 Å². The fourth-order valence-electron chi connectivity index (χ4n) is 2.18. The lowest BCUT2D eigenvalue weighted by Crippen LogP contribution is -2.51. The number of ether oxygens (including phenoxy) is 2. The van der Waals surface area contributed by atoms with E-state index in [0.29, 0.717) is 31.8 Å². The van der Waals surface area contributed by atoms with E-state index in [-0.39, 0.29) is 23.9 Å². The number of nitrogens with one attached hydrogen (secondary N) is 1. The molecule has 0 saturated carbocycles. The lowest BCUT2D eigenvalue weighted by Gasteiger charge is -2.32. The lowest BCUT2D eigenvalue weighted by atomic mass is 10.1. The Morgan fingerprint density at radius 3 is 3.19 bits per heavy atom. The standard InChI is InChI=1S/C15H20FNO3S/c1-21-8-6-15(18)17-13-10-19-7-5-14(13)20-12-4-2-3-11(16)9-12/h2-4,9,13-14H,5-8,10H2,1H3,(H,17,18)/t13-,14+/m1/s1. The van der Waals surface area contributed by atoms with Crippen LogP contribution in [0.4, 0.5) is 4.39 Å². The highest BCUT2D eigenvalue weighted by Gasteiger charge is 2.28. The maximum atomic E-state index is 13.2. The Labute approximate surface area is 128 Å². The van der Waals surface area contributed by atoms with Gasteiger partial charge in [-0.3, -0.25) is 4.79 Å². The van der Waals surface area contributed by atoms with Gasteiger partial charge in [0.05, 0.1) is 19.3 Å². The van der Waals surface area contributed by atoms with Crippen LogP contribution in [0.15, 0.2) is 24.3 Å². The van der Waals surface area contributed by atoms with E-state index in [1.807, 2.05) is 6.26 Å². The molecule has 1 amide bonds. The molecular formula is C15H20FNO3S. The van der Waals surface area contributed by atoms with Gasteiger partial charge in [0.15, 0.2) is 0 Å². The minimum atomic E-state index is -0.333. The van der Waals surface area contributed by atoms with Crippen molar-refractivity contribution in [2.75, 3.05) is 25.2 Å². The van der Waals surface area contributed by atoms with Crippen molar-refractivity contribution in [2.45, 2.75) is 25.0 Å². The predicted octanol–water partition coefficient (Wildman–Crippen LogP) is 2.23. The van der Waals surface area contributed by atoms with Crippen molar-refractivity contribution in [3.63, 3.8) is 0 Å². The minimum Gasteiger partial charge on any atom is -0.488 e. The molecule has 2 atom stereocenters. The first kappa shape index (κ1) is 16.1. The van der Waals surface area contributed by atoms with E-state index >= 15 is 0 Å². The molecule has 1 N–H and O–H groups in total. The van der Waals surface area contributed by atoms with Crippen LogP contribution < -0.4 is 10.1 Å². The Balaban J connectivity index is 1.93. The minimum absolute atomic E-state index is 0.00677. The van der Waals surface area contributed by atoms with Crippen LogP contribution in [-0.4, -0.2) is 43.3 Å². The molecule has 1 aromatic carbocycles. The molecule has 2 rings (SSSR count). The molecular weight excluding hydrogens is 293 g/mol. The van der Waals surface area contributed by atoms with Crippen LogP contribution >= 0.6 is 11.8 Å². The van der Waals surface area contributed by atoms with Crippen molar-refractivity contribution >= 4 is 17.7 Å². The first-order valence-electron chi connectivity index (χ1n) is 6.97. The van der Waals surface area contributed by atoms with Gasteiger partial charge in [0.25, 0.3) is 0 Å². The van der Waals surface area contributed by atoms with Gasteiger partial charge in [-0.1, -0.05) is 6.07 Å². The van der Waals surface area contributed by atoms with Crippen molar-refractivity contribution in [1.29, 1.82) is 0 Å². The number of carbonyl (C=O) groups excluding carboxylic acids is 1. The van der Waals surface area contributed by atoms with Gasteiger partial charge in [-0.2, -0.15) is 11.8 Å². The van der Waals surface area contributed by atoms with E-state index in [1.54, 1.807) is 23.9 Å². The number of benzene rings is 1. The second kappa shape index (κ2) is 8.24. The number of rotatable bonds is 6. The molecule has 1 saturated heterocycles. The summed E-state index contributed by atoms with van der Waals surface area (Å²) in [5.74, 6) is 0.924. The summed E-state index contributed by atoms with van der Waals surface area (Å²) in [4.78, 5) is 11.8. The summed E-state index contributed by atoms with van der Waals surface area (Å²) in [6, 6.07) is 5.85. The second-order valence-corrected chi connectivity index (χ2v) is 5.88. The van der Waals surface area contributed by atoms with Gasteiger partial charge in [-0.15, -0.1) is 0 Å². The lowest BCUT2D eigenvalue weighted by molar-refractivity contribution is -0.123. The van der Waals surface area contributed by atoms with Gasteiger partial charge in [0, 0.05) is 24.7 Å². The van der Waals surface area contributed by atoms with Crippen molar-refractivity contribution < 1.29 is 18.7 Å². The number of hydrogen-bond acceptors (Lipinski definition) is 4. The van der Waals surface area contributed by atoms with Gasteiger partial charge >= 0.3 is 0 Å². The zero-order valence-corrected chi connectivity index (χ0v) is 12.8. The molecule has 0 radical (unpaired) electrons. The Morgan fingerprint density at radius 1 is 1.57 bits per heavy atom. The molecule has 1 aromatic rings. The largest absolute Gasteiger partial charge is 0.488 e. The topological polar surface area (TPSA) is 47.6 Å². The third-order valence-corrected chi connectivity index (χ3v) is 3.87. The van der Waals surface area contributed by atoms with Crippen molar-refractivity contribution in [2.24, 2.45) is 0 Å².